The second-order valence-corrected chi connectivity index (χ2v) is 3.68. The van der Waals surface area contributed by atoms with Crippen molar-refractivity contribution in [1.82, 2.24) is 0 Å². The summed E-state index contributed by atoms with van der Waals surface area (Å²) in [5.41, 5.74) is 6.75. The van der Waals surface area contributed by atoms with Gasteiger partial charge >= 0.3 is 0 Å². The number of para-hydroxylation sites is 1. The largest absolute Gasteiger partial charge is 0.324 e. The molecule has 4 nitrogen and oxygen atoms in total. The highest BCUT2D eigenvalue weighted by Crippen LogP contribution is 2.41. The van der Waals surface area contributed by atoms with E-state index in [4.69, 9.17) is 5.73 Å². The summed E-state index contributed by atoms with van der Waals surface area (Å²) in [6, 6.07) is 6.56. The van der Waals surface area contributed by atoms with Gasteiger partial charge in [-0.2, -0.15) is 0 Å². The van der Waals surface area contributed by atoms with Gasteiger partial charge in [0.1, 0.15) is 0 Å². The Bertz CT molecular complexity index is 366. The first-order chi connectivity index (χ1) is 6.70. The van der Waals surface area contributed by atoms with E-state index in [9.17, 15) is 10.1 Å². The monoisotopic (exact) mass is 228 g/mol. The fraction of sp³-hybridized carbons (Fsp3) is 0.400. The molecule has 1 aromatic rings. The van der Waals surface area contributed by atoms with E-state index in [-0.39, 0.29) is 29.1 Å². The van der Waals surface area contributed by atoms with Crippen molar-refractivity contribution in [2.45, 2.75) is 18.9 Å². The number of benzene rings is 1. The van der Waals surface area contributed by atoms with E-state index in [2.05, 4.69) is 0 Å². The van der Waals surface area contributed by atoms with Gasteiger partial charge in [-0.15, -0.1) is 12.4 Å². The van der Waals surface area contributed by atoms with Crippen molar-refractivity contribution in [3.05, 3.63) is 39.9 Å². The summed E-state index contributed by atoms with van der Waals surface area (Å²) >= 11 is 0. The molecule has 0 aromatic heterocycles. The van der Waals surface area contributed by atoms with E-state index in [1.54, 1.807) is 18.2 Å². The maximum atomic E-state index is 10.7. The molecule has 0 amide bonds. The fourth-order valence-corrected chi connectivity index (χ4v) is 1.64. The second kappa shape index (κ2) is 4.59. The van der Waals surface area contributed by atoms with Crippen molar-refractivity contribution < 1.29 is 4.92 Å². The summed E-state index contributed by atoms with van der Waals surface area (Å²) in [5, 5.41) is 10.7. The molecule has 82 valence electrons. The van der Waals surface area contributed by atoms with Crippen molar-refractivity contribution in [2.75, 3.05) is 0 Å². The average molecular weight is 229 g/mol. The molecule has 1 atom stereocenters. The number of nitro groups is 1. The van der Waals surface area contributed by atoms with Gasteiger partial charge in [-0.1, -0.05) is 18.2 Å². The maximum Gasteiger partial charge on any atom is 0.274 e. The Morgan fingerprint density at radius 2 is 2.00 bits per heavy atom. The third kappa shape index (κ3) is 2.46. The van der Waals surface area contributed by atoms with E-state index in [0.717, 1.165) is 12.8 Å². The lowest BCUT2D eigenvalue weighted by molar-refractivity contribution is -0.385. The minimum atomic E-state index is -0.364. The topological polar surface area (TPSA) is 69.2 Å². The molecule has 2 N–H and O–H groups in total. The van der Waals surface area contributed by atoms with Gasteiger partial charge in [0.2, 0.25) is 0 Å². The summed E-state index contributed by atoms with van der Waals surface area (Å²) in [6.45, 7) is 0. The van der Waals surface area contributed by atoms with Gasteiger partial charge in [-0.3, -0.25) is 10.1 Å². The molecule has 5 heteroatoms. The Hall–Kier alpha value is -1.13. The van der Waals surface area contributed by atoms with Crippen LogP contribution in [0.3, 0.4) is 0 Å². The molecular weight excluding hydrogens is 216 g/mol. The first kappa shape index (κ1) is 11.9. The molecule has 15 heavy (non-hydrogen) atoms. The highest BCUT2D eigenvalue weighted by molar-refractivity contribution is 5.85. The molecule has 0 spiro atoms. The van der Waals surface area contributed by atoms with Crippen molar-refractivity contribution in [3.8, 4) is 0 Å². The molecule has 0 aliphatic heterocycles. The van der Waals surface area contributed by atoms with Crippen LogP contribution in [0.25, 0.3) is 0 Å². The molecule has 2 rings (SSSR count). The van der Waals surface area contributed by atoms with Gasteiger partial charge in [0.15, 0.2) is 0 Å². The van der Waals surface area contributed by atoms with Crippen LogP contribution < -0.4 is 5.73 Å². The van der Waals surface area contributed by atoms with Crippen molar-refractivity contribution in [2.24, 2.45) is 11.7 Å². The van der Waals surface area contributed by atoms with Crippen LogP contribution in [0.4, 0.5) is 5.69 Å². The quantitative estimate of drug-likeness (QED) is 0.638. The molecule has 0 unspecified atom stereocenters. The van der Waals surface area contributed by atoms with Crippen molar-refractivity contribution in [3.63, 3.8) is 0 Å². The highest BCUT2D eigenvalue weighted by atomic mass is 35.5. The van der Waals surface area contributed by atoms with Crippen LogP contribution in [0, 0.1) is 16.0 Å². The van der Waals surface area contributed by atoms with Crippen LogP contribution in [0.5, 0.6) is 0 Å². The number of hydrogen-bond donors (Lipinski definition) is 1. The van der Waals surface area contributed by atoms with Gasteiger partial charge in [0.05, 0.1) is 4.92 Å². The molecule has 1 fully saturated rings. The second-order valence-electron chi connectivity index (χ2n) is 3.68. The van der Waals surface area contributed by atoms with Crippen LogP contribution in [0.15, 0.2) is 24.3 Å². The summed E-state index contributed by atoms with van der Waals surface area (Å²) in [4.78, 5) is 10.4. The predicted molar refractivity (Wildman–Crippen MR) is 60.0 cm³/mol. The third-order valence-corrected chi connectivity index (χ3v) is 2.62. The first-order valence-electron chi connectivity index (χ1n) is 4.69. The normalized spacial score (nSPS) is 16.6. The zero-order valence-corrected chi connectivity index (χ0v) is 8.94. The van der Waals surface area contributed by atoms with E-state index in [1.807, 2.05) is 0 Å². The number of nitro benzene ring substituents is 1. The zero-order valence-electron chi connectivity index (χ0n) is 8.13. The van der Waals surface area contributed by atoms with Gasteiger partial charge in [-0.25, -0.2) is 0 Å². The van der Waals surface area contributed by atoms with Gasteiger partial charge in [0.25, 0.3) is 5.69 Å². The van der Waals surface area contributed by atoms with Crippen molar-refractivity contribution >= 4 is 18.1 Å². The van der Waals surface area contributed by atoms with Crippen LogP contribution in [-0.4, -0.2) is 4.92 Å². The van der Waals surface area contributed by atoms with Crippen LogP contribution >= 0.6 is 12.4 Å². The molecule has 1 aromatic carbocycles. The Balaban J connectivity index is 0.00000112. The summed E-state index contributed by atoms with van der Waals surface area (Å²) in [5.74, 6) is 0.441. The smallest absolute Gasteiger partial charge is 0.274 e. The fourth-order valence-electron chi connectivity index (χ4n) is 1.64. The maximum absolute atomic E-state index is 10.7. The van der Waals surface area contributed by atoms with Crippen LogP contribution in [-0.2, 0) is 0 Å². The van der Waals surface area contributed by atoms with Gasteiger partial charge < -0.3 is 5.73 Å². The van der Waals surface area contributed by atoms with Crippen molar-refractivity contribution in [1.29, 1.82) is 0 Å². The molecule has 0 saturated heterocycles. The third-order valence-electron chi connectivity index (χ3n) is 2.62. The van der Waals surface area contributed by atoms with E-state index < -0.39 is 0 Å². The molecular formula is C10H13ClN2O2. The molecule has 1 aliphatic carbocycles. The standard InChI is InChI=1S/C10H12N2O2.ClH/c11-10(7-5-6-7)8-3-1-2-4-9(8)12(13)14;/h1-4,7,10H,5-6,11H2;1H/t10-;/m1./s1. The van der Waals surface area contributed by atoms with E-state index >= 15 is 0 Å². The summed E-state index contributed by atoms with van der Waals surface area (Å²) in [7, 11) is 0. The lowest BCUT2D eigenvalue weighted by Crippen LogP contribution is -2.14. The molecule has 1 saturated carbocycles. The zero-order chi connectivity index (χ0) is 10.1. The minimum Gasteiger partial charge on any atom is -0.324 e. The number of hydrogen-bond acceptors (Lipinski definition) is 3. The molecule has 1 aliphatic rings. The van der Waals surface area contributed by atoms with E-state index in [1.165, 1.54) is 6.07 Å². The Labute approximate surface area is 94.0 Å². The first-order valence-corrected chi connectivity index (χ1v) is 4.69. The minimum absolute atomic E-state index is 0. The molecule has 0 bridgehead atoms. The average Bonchev–Trinajstić information content (AvgIpc) is 3.00. The molecule has 0 heterocycles. The van der Waals surface area contributed by atoms with Gasteiger partial charge in [-0.05, 0) is 18.8 Å². The predicted octanol–water partition coefficient (Wildman–Crippen LogP) is 2.43. The lowest BCUT2D eigenvalue weighted by Gasteiger charge is -2.10. The van der Waals surface area contributed by atoms with Crippen LogP contribution in [0.1, 0.15) is 24.4 Å². The Morgan fingerprint density at radius 3 is 2.53 bits per heavy atom. The summed E-state index contributed by atoms with van der Waals surface area (Å²) in [6.07, 6.45) is 2.18. The SMILES string of the molecule is Cl.N[C@@H](c1ccccc1[N+](=O)[O-])C1CC1. The lowest BCUT2D eigenvalue weighted by atomic mass is 10.0. The van der Waals surface area contributed by atoms with E-state index in [0.29, 0.717) is 11.5 Å². The van der Waals surface area contributed by atoms with Gasteiger partial charge in [0, 0.05) is 17.7 Å². The highest BCUT2D eigenvalue weighted by Gasteiger charge is 2.32. The Morgan fingerprint density at radius 1 is 1.40 bits per heavy atom. The molecule has 0 radical (unpaired) electrons. The summed E-state index contributed by atoms with van der Waals surface area (Å²) < 4.78 is 0. The number of nitrogens with zero attached hydrogens (tertiary/aromatic N) is 1. The number of nitrogens with two attached hydrogens (primary N) is 1. The Kier molecular flexibility index (Phi) is 3.66. The number of halogens is 1. The van der Waals surface area contributed by atoms with Crippen LogP contribution in [0.2, 0.25) is 0 Å². The number of rotatable bonds is 3.